The number of ketones is 1. The van der Waals surface area contributed by atoms with E-state index < -0.39 is 0 Å². The summed E-state index contributed by atoms with van der Waals surface area (Å²) < 4.78 is 11.6. The van der Waals surface area contributed by atoms with Crippen LogP contribution in [0.15, 0.2) is 36.4 Å². The SMILES string of the molecule is Cc1c(OCCCCOc2ccc(C#N)cc2)ccc(C(=O)CC(C)C)c1C. The summed E-state index contributed by atoms with van der Waals surface area (Å²) in [5.41, 5.74) is 3.47. The fourth-order valence-corrected chi connectivity index (χ4v) is 2.94. The molecule has 0 heterocycles. The molecule has 0 aliphatic carbocycles. The van der Waals surface area contributed by atoms with Gasteiger partial charge in [-0.15, -0.1) is 0 Å². The molecule has 0 bridgehead atoms. The van der Waals surface area contributed by atoms with Crippen molar-refractivity contribution >= 4 is 5.78 Å². The standard InChI is InChI=1S/C24H29NO3/c1-17(2)15-23(26)22-11-12-24(19(4)18(22)3)28-14-6-5-13-27-21-9-7-20(16-25)8-10-21/h7-12,17H,5-6,13-15H2,1-4H3. The van der Waals surface area contributed by atoms with Gasteiger partial charge in [-0.1, -0.05) is 13.8 Å². The third-order valence-electron chi connectivity index (χ3n) is 4.68. The Hall–Kier alpha value is -2.80. The number of benzene rings is 2. The van der Waals surface area contributed by atoms with E-state index in [1.807, 2.05) is 38.1 Å². The van der Waals surface area contributed by atoms with Gasteiger partial charge in [-0.05, 0) is 80.1 Å². The van der Waals surface area contributed by atoms with Crippen molar-refractivity contribution in [3.05, 3.63) is 58.7 Å². The highest BCUT2D eigenvalue weighted by molar-refractivity contribution is 5.98. The first-order valence-corrected chi connectivity index (χ1v) is 9.81. The Morgan fingerprint density at radius 3 is 2.21 bits per heavy atom. The largest absolute Gasteiger partial charge is 0.494 e. The number of carbonyl (C=O) groups is 1. The van der Waals surface area contributed by atoms with Gasteiger partial charge in [-0.3, -0.25) is 4.79 Å². The summed E-state index contributed by atoms with van der Waals surface area (Å²) in [6.45, 7) is 9.32. The molecule has 0 unspecified atom stereocenters. The summed E-state index contributed by atoms with van der Waals surface area (Å²) in [6.07, 6.45) is 2.32. The van der Waals surface area contributed by atoms with Gasteiger partial charge in [0.05, 0.1) is 24.8 Å². The van der Waals surface area contributed by atoms with E-state index in [2.05, 4.69) is 19.9 Å². The van der Waals surface area contributed by atoms with Gasteiger partial charge in [-0.2, -0.15) is 5.26 Å². The molecule has 0 atom stereocenters. The van der Waals surface area contributed by atoms with Gasteiger partial charge < -0.3 is 9.47 Å². The minimum absolute atomic E-state index is 0.196. The van der Waals surface area contributed by atoms with Crippen molar-refractivity contribution < 1.29 is 14.3 Å². The summed E-state index contributed by atoms with van der Waals surface area (Å²) in [5, 5.41) is 8.79. The topological polar surface area (TPSA) is 59.3 Å². The predicted molar refractivity (Wildman–Crippen MR) is 111 cm³/mol. The number of carbonyl (C=O) groups excluding carboxylic acids is 1. The lowest BCUT2D eigenvalue weighted by Gasteiger charge is -2.15. The average Bonchev–Trinajstić information content (AvgIpc) is 2.67. The summed E-state index contributed by atoms with van der Waals surface area (Å²) in [4.78, 5) is 12.4. The van der Waals surface area contributed by atoms with E-state index in [1.165, 1.54) is 0 Å². The number of hydrogen-bond donors (Lipinski definition) is 0. The maximum atomic E-state index is 12.4. The fraction of sp³-hybridized carbons (Fsp3) is 0.417. The Bertz CT molecular complexity index is 832. The zero-order valence-electron chi connectivity index (χ0n) is 17.2. The van der Waals surface area contributed by atoms with Gasteiger partial charge in [-0.25, -0.2) is 0 Å². The van der Waals surface area contributed by atoms with Crippen LogP contribution in [0.5, 0.6) is 11.5 Å². The molecule has 0 aliphatic rings. The van der Waals surface area contributed by atoms with Crippen LogP contribution in [0.1, 0.15) is 60.2 Å². The van der Waals surface area contributed by atoms with Crippen LogP contribution in [0.25, 0.3) is 0 Å². The summed E-state index contributed by atoms with van der Waals surface area (Å²) in [6, 6.07) is 13.0. The molecule has 2 aromatic carbocycles. The lowest BCUT2D eigenvalue weighted by Crippen LogP contribution is -2.08. The zero-order valence-corrected chi connectivity index (χ0v) is 17.2. The molecule has 4 nitrogen and oxygen atoms in total. The number of unbranched alkanes of at least 4 members (excludes halogenated alkanes) is 1. The maximum absolute atomic E-state index is 12.4. The lowest BCUT2D eigenvalue weighted by atomic mass is 9.95. The third kappa shape index (κ3) is 6.13. The van der Waals surface area contributed by atoms with E-state index in [0.29, 0.717) is 31.1 Å². The summed E-state index contributed by atoms with van der Waals surface area (Å²) in [7, 11) is 0. The van der Waals surface area contributed by atoms with Crippen molar-refractivity contribution in [2.75, 3.05) is 13.2 Å². The highest BCUT2D eigenvalue weighted by Gasteiger charge is 2.14. The van der Waals surface area contributed by atoms with Gasteiger partial charge in [0.25, 0.3) is 0 Å². The molecule has 148 valence electrons. The molecule has 0 radical (unpaired) electrons. The number of Topliss-reactive ketones (excluding diaryl/α,β-unsaturated/α-hetero) is 1. The Kier molecular flexibility index (Phi) is 8.07. The number of rotatable bonds is 10. The molecule has 0 aromatic heterocycles. The van der Waals surface area contributed by atoms with E-state index in [0.717, 1.165) is 41.0 Å². The smallest absolute Gasteiger partial charge is 0.163 e. The molecule has 0 saturated carbocycles. The van der Waals surface area contributed by atoms with Gasteiger partial charge in [0.2, 0.25) is 0 Å². The number of ether oxygens (including phenoxy) is 2. The molecule has 0 N–H and O–H groups in total. The van der Waals surface area contributed by atoms with Crippen LogP contribution in [0.2, 0.25) is 0 Å². The quantitative estimate of drug-likeness (QED) is 0.396. The minimum atomic E-state index is 0.196. The van der Waals surface area contributed by atoms with Crippen molar-refractivity contribution in [2.24, 2.45) is 5.92 Å². The second-order valence-corrected chi connectivity index (χ2v) is 7.42. The second kappa shape index (κ2) is 10.5. The Morgan fingerprint density at radius 2 is 1.61 bits per heavy atom. The molecule has 0 saturated heterocycles. The molecule has 0 fully saturated rings. The zero-order chi connectivity index (χ0) is 20.5. The minimum Gasteiger partial charge on any atom is -0.494 e. The van der Waals surface area contributed by atoms with Crippen molar-refractivity contribution in [1.82, 2.24) is 0 Å². The maximum Gasteiger partial charge on any atom is 0.163 e. The van der Waals surface area contributed by atoms with Gasteiger partial charge in [0.15, 0.2) is 5.78 Å². The molecule has 0 spiro atoms. The predicted octanol–water partition coefficient (Wildman–Crippen LogP) is 5.64. The van der Waals surface area contributed by atoms with Crippen LogP contribution in [0.4, 0.5) is 0 Å². The van der Waals surface area contributed by atoms with Crippen LogP contribution in [-0.2, 0) is 0 Å². The Balaban J connectivity index is 1.77. The highest BCUT2D eigenvalue weighted by atomic mass is 16.5. The first kappa shape index (κ1) is 21.5. The lowest BCUT2D eigenvalue weighted by molar-refractivity contribution is 0.0967. The number of nitriles is 1. The highest BCUT2D eigenvalue weighted by Crippen LogP contribution is 2.26. The van der Waals surface area contributed by atoms with Crippen molar-refractivity contribution in [3.63, 3.8) is 0 Å². The van der Waals surface area contributed by atoms with Crippen LogP contribution in [0.3, 0.4) is 0 Å². The molecule has 2 rings (SSSR count). The number of nitrogens with zero attached hydrogens (tertiary/aromatic N) is 1. The van der Waals surface area contributed by atoms with Gasteiger partial charge >= 0.3 is 0 Å². The number of hydrogen-bond acceptors (Lipinski definition) is 4. The first-order valence-electron chi connectivity index (χ1n) is 9.81. The van der Waals surface area contributed by atoms with E-state index in [1.54, 1.807) is 12.1 Å². The van der Waals surface area contributed by atoms with Crippen molar-refractivity contribution in [2.45, 2.75) is 47.0 Å². The molecule has 4 heteroatoms. The average molecular weight is 380 g/mol. The molecule has 28 heavy (non-hydrogen) atoms. The first-order chi connectivity index (χ1) is 13.4. The van der Waals surface area contributed by atoms with Crippen LogP contribution in [0, 0.1) is 31.1 Å². The monoisotopic (exact) mass is 379 g/mol. The molecular formula is C24H29NO3. The molecular weight excluding hydrogens is 350 g/mol. The molecule has 2 aromatic rings. The molecule has 0 aliphatic heterocycles. The van der Waals surface area contributed by atoms with E-state index in [9.17, 15) is 4.79 Å². The van der Waals surface area contributed by atoms with Crippen LogP contribution < -0.4 is 9.47 Å². The normalized spacial score (nSPS) is 10.6. The van der Waals surface area contributed by atoms with Gasteiger partial charge in [0.1, 0.15) is 11.5 Å². The summed E-state index contributed by atoms with van der Waals surface area (Å²) in [5.74, 6) is 2.16. The summed E-state index contributed by atoms with van der Waals surface area (Å²) >= 11 is 0. The Morgan fingerprint density at radius 1 is 0.964 bits per heavy atom. The van der Waals surface area contributed by atoms with E-state index >= 15 is 0 Å². The van der Waals surface area contributed by atoms with Gasteiger partial charge in [0, 0.05) is 12.0 Å². The van der Waals surface area contributed by atoms with Crippen LogP contribution >= 0.6 is 0 Å². The van der Waals surface area contributed by atoms with Crippen LogP contribution in [-0.4, -0.2) is 19.0 Å². The van der Waals surface area contributed by atoms with E-state index in [4.69, 9.17) is 14.7 Å². The third-order valence-corrected chi connectivity index (χ3v) is 4.68. The van der Waals surface area contributed by atoms with Crippen molar-refractivity contribution in [1.29, 1.82) is 5.26 Å². The fourth-order valence-electron chi connectivity index (χ4n) is 2.94. The second-order valence-electron chi connectivity index (χ2n) is 7.42. The van der Waals surface area contributed by atoms with Crippen molar-refractivity contribution in [3.8, 4) is 17.6 Å². The molecule has 0 amide bonds. The van der Waals surface area contributed by atoms with E-state index in [-0.39, 0.29) is 5.78 Å². The Labute approximate surface area is 168 Å².